The average molecular weight is 387 g/mol. The van der Waals surface area contributed by atoms with Crippen LogP contribution in [-0.2, 0) is 4.79 Å². The number of nitrogens with zero attached hydrogens (tertiary/aromatic N) is 2. The van der Waals surface area contributed by atoms with E-state index in [-0.39, 0.29) is 11.7 Å². The molecule has 0 radical (unpaired) electrons. The third-order valence-electron chi connectivity index (χ3n) is 3.63. The molecule has 3 amide bonds. The van der Waals surface area contributed by atoms with Gasteiger partial charge in [0.25, 0.3) is 0 Å². The van der Waals surface area contributed by atoms with Crippen LogP contribution in [0.25, 0.3) is 21.3 Å². The van der Waals surface area contributed by atoms with Gasteiger partial charge in [0.15, 0.2) is 0 Å². The number of thioether (sulfide) groups is 1. The molecule has 0 aliphatic rings. The molecular formula is C18H18N4O2S2. The number of nitrogens with one attached hydrogen (secondary N) is 2. The Morgan fingerprint density at radius 1 is 1.19 bits per heavy atom. The summed E-state index contributed by atoms with van der Waals surface area (Å²) in [5, 5.41) is 8.56. The summed E-state index contributed by atoms with van der Waals surface area (Å²) in [4.78, 5) is 32.9. The summed E-state index contributed by atoms with van der Waals surface area (Å²) in [6, 6.07) is 7.78. The van der Waals surface area contributed by atoms with E-state index in [1.165, 1.54) is 23.7 Å². The van der Waals surface area contributed by atoms with E-state index >= 15 is 0 Å². The Hall–Kier alpha value is -2.45. The molecule has 0 aliphatic carbocycles. The van der Waals surface area contributed by atoms with Gasteiger partial charge in [-0.1, -0.05) is 41.6 Å². The Balaban J connectivity index is 1.83. The molecule has 6 nitrogen and oxygen atoms in total. The lowest BCUT2D eigenvalue weighted by molar-refractivity contribution is -0.117. The number of carbonyl (C=O) groups excluding carboxylic acids is 2. The fourth-order valence-corrected chi connectivity index (χ4v) is 4.20. The van der Waals surface area contributed by atoms with Crippen LogP contribution in [0, 0.1) is 6.92 Å². The van der Waals surface area contributed by atoms with Crippen molar-refractivity contribution in [1.82, 2.24) is 20.6 Å². The number of imide groups is 1. The summed E-state index contributed by atoms with van der Waals surface area (Å²) < 4.78 is 0. The summed E-state index contributed by atoms with van der Waals surface area (Å²) >= 11 is 2.85. The van der Waals surface area contributed by atoms with Crippen LogP contribution in [0.1, 0.15) is 12.5 Å². The molecule has 0 saturated heterocycles. The fourth-order valence-electron chi connectivity index (χ4n) is 2.40. The van der Waals surface area contributed by atoms with Crippen LogP contribution < -0.4 is 10.6 Å². The first-order valence-electron chi connectivity index (χ1n) is 8.08. The van der Waals surface area contributed by atoms with Gasteiger partial charge in [-0.05, 0) is 19.4 Å². The van der Waals surface area contributed by atoms with E-state index in [1.54, 1.807) is 18.3 Å². The molecule has 1 aromatic carbocycles. The number of aryl methyl sites for hydroxylation is 1. The molecule has 0 saturated carbocycles. The van der Waals surface area contributed by atoms with Crippen LogP contribution in [0.3, 0.4) is 0 Å². The van der Waals surface area contributed by atoms with Gasteiger partial charge in [0.2, 0.25) is 5.91 Å². The maximum Gasteiger partial charge on any atom is 0.321 e. The van der Waals surface area contributed by atoms with Crippen molar-refractivity contribution in [2.45, 2.75) is 18.9 Å². The smallest absolute Gasteiger partial charge is 0.321 e. The van der Waals surface area contributed by atoms with Gasteiger partial charge in [-0.15, -0.1) is 11.3 Å². The van der Waals surface area contributed by atoms with Crippen LogP contribution >= 0.6 is 23.1 Å². The van der Waals surface area contributed by atoms with E-state index in [0.717, 1.165) is 26.4 Å². The zero-order valence-electron chi connectivity index (χ0n) is 14.4. The van der Waals surface area contributed by atoms with Crippen molar-refractivity contribution in [3.8, 4) is 11.1 Å². The van der Waals surface area contributed by atoms with Gasteiger partial charge in [-0.2, -0.15) is 0 Å². The third-order valence-corrected chi connectivity index (χ3v) is 5.50. The molecule has 0 spiro atoms. The van der Waals surface area contributed by atoms with Crippen molar-refractivity contribution in [3.63, 3.8) is 0 Å². The molecule has 2 heterocycles. The second-order valence-corrected chi connectivity index (χ2v) is 7.39. The number of rotatable bonds is 5. The Morgan fingerprint density at radius 2 is 1.96 bits per heavy atom. The standard InChI is InChI=1S/C18H18N4O2S2/c1-3-19-18(24)22-14(23)9-26-17-15-13(8-25-16(15)20-10-21-17)12-6-4-11(2)5-7-12/h4-8,10H,3,9H2,1-2H3,(H2,19,22,23,24). The van der Waals surface area contributed by atoms with Gasteiger partial charge in [-0.25, -0.2) is 14.8 Å². The Morgan fingerprint density at radius 3 is 2.69 bits per heavy atom. The molecule has 0 bridgehead atoms. The van der Waals surface area contributed by atoms with E-state index < -0.39 is 6.03 Å². The minimum Gasteiger partial charge on any atom is -0.338 e. The quantitative estimate of drug-likeness (QED) is 0.517. The lowest BCUT2D eigenvalue weighted by Crippen LogP contribution is -2.40. The largest absolute Gasteiger partial charge is 0.338 e. The molecule has 3 aromatic rings. The number of carbonyl (C=O) groups is 2. The highest BCUT2D eigenvalue weighted by Crippen LogP contribution is 2.37. The maximum atomic E-state index is 11.9. The molecule has 3 rings (SSSR count). The van der Waals surface area contributed by atoms with Crippen molar-refractivity contribution in [3.05, 3.63) is 41.5 Å². The Bertz CT molecular complexity index is 938. The minimum atomic E-state index is -0.484. The second kappa shape index (κ2) is 8.29. The molecule has 0 aliphatic heterocycles. The van der Waals surface area contributed by atoms with E-state index in [9.17, 15) is 9.59 Å². The Labute approximate surface area is 159 Å². The van der Waals surface area contributed by atoms with Gasteiger partial charge in [0.1, 0.15) is 16.2 Å². The van der Waals surface area contributed by atoms with E-state index in [1.807, 2.05) is 6.92 Å². The number of hydrogen-bond donors (Lipinski definition) is 2. The normalized spacial score (nSPS) is 10.7. The van der Waals surface area contributed by atoms with Gasteiger partial charge in [0, 0.05) is 17.5 Å². The summed E-state index contributed by atoms with van der Waals surface area (Å²) in [5.41, 5.74) is 3.34. The lowest BCUT2D eigenvalue weighted by Gasteiger charge is -2.06. The van der Waals surface area contributed by atoms with Gasteiger partial charge < -0.3 is 5.32 Å². The first-order chi connectivity index (χ1) is 12.6. The molecular weight excluding hydrogens is 368 g/mol. The van der Waals surface area contributed by atoms with Crippen molar-refractivity contribution in [1.29, 1.82) is 0 Å². The van der Waals surface area contributed by atoms with Crippen LogP contribution in [0.15, 0.2) is 41.0 Å². The highest BCUT2D eigenvalue weighted by atomic mass is 32.2. The predicted octanol–water partition coefficient (Wildman–Crippen LogP) is 3.60. The molecule has 2 aromatic heterocycles. The predicted molar refractivity (Wildman–Crippen MR) is 106 cm³/mol. The van der Waals surface area contributed by atoms with E-state index in [0.29, 0.717) is 6.54 Å². The summed E-state index contributed by atoms with van der Waals surface area (Å²) in [6.45, 7) is 4.31. The number of benzene rings is 1. The number of thiophene rings is 1. The van der Waals surface area contributed by atoms with Crippen molar-refractivity contribution < 1.29 is 9.59 Å². The first kappa shape index (κ1) is 18.3. The van der Waals surface area contributed by atoms with Gasteiger partial charge >= 0.3 is 6.03 Å². The van der Waals surface area contributed by atoms with Crippen molar-refractivity contribution in [2.24, 2.45) is 0 Å². The maximum absolute atomic E-state index is 11.9. The van der Waals surface area contributed by atoms with E-state index in [4.69, 9.17) is 0 Å². The Kier molecular flexibility index (Phi) is 5.85. The number of amides is 3. The SMILES string of the molecule is CCNC(=O)NC(=O)CSc1ncnc2scc(-c3ccc(C)cc3)c12. The monoisotopic (exact) mass is 386 g/mol. The van der Waals surface area contributed by atoms with Gasteiger partial charge in [0.05, 0.1) is 11.1 Å². The molecule has 26 heavy (non-hydrogen) atoms. The lowest BCUT2D eigenvalue weighted by atomic mass is 10.1. The number of urea groups is 1. The molecule has 0 unspecified atom stereocenters. The van der Waals surface area contributed by atoms with Gasteiger partial charge in [-0.3, -0.25) is 10.1 Å². The van der Waals surface area contributed by atoms with Crippen LogP contribution in [0.5, 0.6) is 0 Å². The summed E-state index contributed by atoms with van der Waals surface area (Å²) in [7, 11) is 0. The topological polar surface area (TPSA) is 84.0 Å². The fraction of sp³-hybridized carbons (Fsp3) is 0.222. The highest BCUT2D eigenvalue weighted by molar-refractivity contribution is 8.00. The third kappa shape index (κ3) is 4.20. The van der Waals surface area contributed by atoms with E-state index in [2.05, 4.69) is 50.2 Å². The molecule has 134 valence electrons. The number of aromatic nitrogens is 2. The molecule has 8 heteroatoms. The van der Waals surface area contributed by atoms with Crippen LogP contribution in [0.4, 0.5) is 4.79 Å². The highest BCUT2D eigenvalue weighted by Gasteiger charge is 2.15. The zero-order valence-corrected chi connectivity index (χ0v) is 16.0. The van der Waals surface area contributed by atoms with Crippen molar-refractivity contribution in [2.75, 3.05) is 12.3 Å². The zero-order chi connectivity index (χ0) is 18.5. The van der Waals surface area contributed by atoms with Crippen molar-refractivity contribution >= 4 is 45.3 Å². The molecule has 0 fully saturated rings. The summed E-state index contributed by atoms with van der Waals surface area (Å²) in [5.74, 6) is -0.258. The average Bonchev–Trinajstić information content (AvgIpc) is 3.05. The first-order valence-corrected chi connectivity index (χ1v) is 9.94. The van der Waals surface area contributed by atoms with Crippen LogP contribution in [0.2, 0.25) is 0 Å². The van der Waals surface area contributed by atoms with Crippen LogP contribution in [-0.4, -0.2) is 34.2 Å². The minimum absolute atomic E-state index is 0.104. The summed E-state index contributed by atoms with van der Waals surface area (Å²) in [6.07, 6.45) is 1.50. The number of hydrogen-bond acceptors (Lipinski definition) is 6. The second-order valence-electron chi connectivity index (χ2n) is 5.57. The molecule has 0 atom stereocenters. The molecule has 2 N–H and O–H groups in total. The number of fused-ring (bicyclic) bond motifs is 1.